The summed E-state index contributed by atoms with van der Waals surface area (Å²) in [7, 11) is 0. The number of nitrogens with one attached hydrogen (secondary N) is 1. The predicted molar refractivity (Wildman–Crippen MR) is 55.9 cm³/mol. The molecule has 1 amide bonds. The summed E-state index contributed by atoms with van der Waals surface area (Å²) in [5.74, 6) is 0.0102. The van der Waals surface area contributed by atoms with E-state index in [-0.39, 0.29) is 11.9 Å². The molecule has 1 atom stereocenters. The zero-order valence-electron chi connectivity index (χ0n) is 8.16. The van der Waals surface area contributed by atoms with Gasteiger partial charge in [0.15, 0.2) is 0 Å². The number of rotatable bonds is 2. The fraction of sp³-hybridized carbons (Fsp3) is 0.273. The number of benzene rings is 1. The van der Waals surface area contributed by atoms with Crippen molar-refractivity contribution >= 4 is 11.6 Å². The molecule has 2 rings (SSSR count). The van der Waals surface area contributed by atoms with E-state index < -0.39 is 0 Å². The number of carbonyl (C=O) groups excluding carboxylic acids is 1. The fourth-order valence-corrected chi connectivity index (χ4v) is 1.70. The molecule has 4 nitrogen and oxygen atoms in total. The molecule has 1 aromatic carbocycles. The number of anilines is 1. The van der Waals surface area contributed by atoms with Crippen LogP contribution in [0.1, 0.15) is 23.6 Å². The first-order valence-electron chi connectivity index (χ1n) is 4.76. The molecule has 0 radical (unpaired) electrons. The third-order valence-electron chi connectivity index (χ3n) is 2.49. The minimum Gasteiger partial charge on any atom is -0.326 e. The Balaban J connectivity index is 2.27. The van der Waals surface area contributed by atoms with Crippen LogP contribution in [0.2, 0.25) is 0 Å². The number of hydrogen-bond acceptors (Lipinski definition) is 3. The van der Waals surface area contributed by atoms with E-state index in [0.717, 1.165) is 16.8 Å². The summed E-state index contributed by atoms with van der Waals surface area (Å²) in [6, 6.07) is 7.36. The first kappa shape index (κ1) is 9.69. The van der Waals surface area contributed by atoms with Gasteiger partial charge in [-0.2, -0.15) is 5.26 Å². The van der Waals surface area contributed by atoms with E-state index in [1.807, 2.05) is 24.3 Å². The van der Waals surface area contributed by atoms with Crippen LogP contribution in [-0.4, -0.2) is 5.91 Å². The smallest absolute Gasteiger partial charge is 0.228 e. The molecule has 1 aliphatic rings. The lowest BCUT2D eigenvalue weighted by Crippen LogP contribution is -2.09. The molecule has 1 aromatic rings. The molecule has 1 aliphatic heterocycles. The SMILES string of the molecule is N#CCC(N)c1ccc2c(c1)CC(=O)N2. The van der Waals surface area contributed by atoms with E-state index in [9.17, 15) is 4.79 Å². The van der Waals surface area contributed by atoms with Gasteiger partial charge in [0, 0.05) is 11.7 Å². The maximum Gasteiger partial charge on any atom is 0.228 e. The molecule has 3 N–H and O–H groups in total. The first-order chi connectivity index (χ1) is 7.20. The fourth-order valence-electron chi connectivity index (χ4n) is 1.70. The molecule has 0 aliphatic carbocycles. The number of fused-ring (bicyclic) bond motifs is 1. The largest absolute Gasteiger partial charge is 0.326 e. The van der Waals surface area contributed by atoms with Gasteiger partial charge in [-0.1, -0.05) is 12.1 Å². The summed E-state index contributed by atoms with van der Waals surface area (Å²) < 4.78 is 0. The summed E-state index contributed by atoms with van der Waals surface area (Å²) in [5.41, 5.74) is 8.53. The third-order valence-corrected chi connectivity index (χ3v) is 2.49. The van der Waals surface area contributed by atoms with Crippen molar-refractivity contribution < 1.29 is 4.79 Å². The lowest BCUT2D eigenvalue weighted by atomic mass is 10.0. The van der Waals surface area contributed by atoms with Gasteiger partial charge in [0.1, 0.15) is 0 Å². The highest BCUT2D eigenvalue weighted by molar-refractivity contribution is 5.99. The van der Waals surface area contributed by atoms with Gasteiger partial charge in [-0.05, 0) is 17.2 Å². The van der Waals surface area contributed by atoms with Crippen LogP contribution >= 0.6 is 0 Å². The topological polar surface area (TPSA) is 78.9 Å². The molecular weight excluding hydrogens is 190 g/mol. The first-order valence-corrected chi connectivity index (χ1v) is 4.76. The van der Waals surface area contributed by atoms with Crippen LogP contribution < -0.4 is 11.1 Å². The maximum absolute atomic E-state index is 11.1. The van der Waals surface area contributed by atoms with Crippen molar-refractivity contribution in [1.82, 2.24) is 0 Å². The number of nitrogens with two attached hydrogens (primary N) is 1. The van der Waals surface area contributed by atoms with E-state index in [1.165, 1.54) is 0 Å². The molecule has 0 saturated carbocycles. The van der Waals surface area contributed by atoms with Crippen LogP contribution in [0.15, 0.2) is 18.2 Å². The van der Waals surface area contributed by atoms with Crippen molar-refractivity contribution in [2.45, 2.75) is 18.9 Å². The van der Waals surface area contributed by atoms with Crippen LogP contribution in [0, 0.1) is 11.3 Å². The highest BCUT2D eigenvalue weighted by atomic mass is 16.1. The van der Waals surface area contributed by atoms with Crippen molar-refractivity contribution in [2.75, 3.05) is 5.32 Å². The van der Waals surface area contributed by atoms with Gasteiger partial charge < -0.3 is 11.1 Å². The van der Waals surface area contributed by atoms with Crippen molar-refractivity contribution in [1.29, 1.82) is 5.26 Å². The minimum absolute atomic E-state index is 0.0102. The van der Waals surface area contributed by atoms with Crippen LogP contribution in [0.25, 0.3) is 0 Å². The van der Waals surface area contributed by atoms with Gasteiger partial charge in [0.05, 0.1) is 18.9 Å². The van der Waals surface area contributed by atoms with Crippen LogP contribution in [0.3, 0.4) is 0 Å². The Morgan fingerprint density at radius 3 is 3.13 bits per heavy atom. The molecular formula is C11H11N3O. The number of amides is 1. The van der Waals surface area contributed by atoms with Crippen molar-refractivity contribution in [3.8, 4) is 6.07 Å². The Labute approximate surface area is 87.7 Å². The summed E-state index contributed by atoms with van der Waals surface area (Å²) in [4.78, 5) is 11.1. The lowest BCUT2D eigenvalue weighted by molar-refractivity contribution is -0.115. The van der Waals surface area contributed by atoms with Crippen LogP contribution in [-0.2, 0) is 11.2 Å². The second-order valence-corrected chi connectivity index (χ2v) is 3.61. The van der Waals surface area contributed by atoms with Crippen molar-refractivity contribution in [3.63, 3.8) is 0 Å². The molecule has 0 spiro atoms. The number of nitriles is 1. The summed E-state index contributed by atoms with van der Waals surface area (Å²) in [5, 5.41) is 11.3. The van der Waals surface area contributed by atoms with Gasteiger partial charge in [-0.25, -0.2) is 0 Å². The van der Waals surface area contributed by atoms with E-state index >= 15 is 0 Å². The lowest BCUT2D eigenvalue weighted by Gasteiger charge is -2.09. The minimum atomic E-state index is -0.268. The summed E-state index contributed by atoms with van der Waals surface area (Å²) >= 11 is 0. The summed E-state index contributed by atoms with van der Waals surface area (Å²) in [6.07, 6.45) is 0.697. The standard InChI is InChI=1S/C11H11N3O/c12-4-3-9(13)7-1-2-10-8(5-7)6-11(15)14-10/h1-2,5,9H,3,6,13H2,(H,14,15). The highest BCUT2D eigenvalue weighted by Gasteiger charge is 2.18. The normalized spacial score (nSPS) is 15.3. The Morgan fingerprint density at radius 1 is 1.60 bits per heavy atom. The molecule has 76 valence electrons. The zero-order chi connectivity index (χ0) is 10.8. The molecule has 1 unspecified atom stereocenters. The molecule has 0 aromatic heterocycles. The average molecular weight is 201 g/mol. The van der Waals surface area contributed by atoms with Gasteiger partial charge >= 0.3 is 0 Å². The predicted octanol–water partition coefficient (Wildman–Crippen LogP) is 1.09. The zero-order valence-corrected chi connectivity index (χ0v) is 8.16. The van der Waals surface area contributed by atoms with Gasteiger partial charge in [0.25, 0.3) is 0 Å². The number of carbonyl (C=O) groups is 1. The van der Waals surface area contributed by atoms with Crippen molar-refractivity contribution in [3.05, 3.63) is 29.3 Å². The highest BCUT2D eigenvalue weighted by Crippen LogP contribution is 2.26. The van der Waals surface area contributed by atoms with Gasteiger partial charge in [-0.3, -0.25) is 4.79 Å². The quantitative estimate of drug-likeness (QED) is 0.751. The molecule has 0 fully saturated rings. The number of hydrogen-bond donors (Lipinski definition) is 2. The van der Waals surface area contributed by atoms with Crippen molar-refractivity contribution in [2.24, 2.45) is 5.73 Å². The Hall–Kier alpha value is -1.86. The number of nitrogens with zero attached hydrogens (tertiary/aromatic N) is 1. The Morgan fingerprint density at radius 2 is 2.40 bits per heavy atom. The Bertz CT molecular complexity index is 448. The monoisotopic (exact) mass is 201 g/mol. The molecule has 0 bridgehead atoms. The molecule has 0 saturated heterocycles. The molecule has 15 heavy (non-hydrogen) atoms. The van der Waals surface area contributed by atoms with Gasteiger partial charge in [-0.15, -0.1) is 0 Å². The van der Waals surface area contributed by atoms with E-state index in [2.05, 4.69) is 5.32 Å². The van der Waals surface area contributed by atoms with Crippen LogP contribution in [0.4, 0.5) is 5.69 Å². The molecule has 4 heteroatoms. The maximum atomic E-state index is 11.1. The third kappa shape index (κ3) is 1.83. The van der Waals surface area contributed by atoms with Crippen LogP contribution in [0.5, 0.6) is 0 Å². The van der Waals surface area contributed by atoms with Gasteiger partial charge in [0.2, 0.25) is 5.91 Å². The summed E-state index contributed by atoms with van der Waals surface area (Å²) in [6.45, 7) is 0. The van der Waals surface area contributed by atoms with E-state index in [4.69, 9.17) is 11.0 Å². The van der Waals surface area contributed by atoms with E-state index in [0.29, 0.717) is 12.8 Å². The molecule has 1 heterocycles. The Kier molecular flexibility index (Phi) is 2.40. The second kappa shape index (κ2) is 3.71. The van der Waals surface area contributed by atoms with E-state index in [1.54, 1.807) is 0 Å². The second-order valence-electron chi connectivity index (χ2n) is 3.61. The average Bonchev–Trinajstić information content (AvgIpc) is 2.57.